The topological polar surface area (TPSA) is 20.3 Å². The Morgan fingerprint density at radius 3 is 1.79 bits per heavy atom. The molecule has 1 saturated heterocycles. The molecular weight excluding hydrogens is 414 g/mol. The van der Waals surface area contributed by atoms with Crippen molar-refractivity contribution >= 4 is 5.78 Å². The number of carbonyl (C=O) groups excluding carboxylic acids is 1. The summed E-state index contributed by atoms with van der Waals surface area (Å²) >= 11 is 0. The van der Waals surface area contributed by atoms with Crippen molar-refractivity contribution < 1.29 is 4.79 Å². The van der Waals surface area contributed by atoms with Crippen molar-refractivity contribution in [3.63, 3.8) is 0 Å². The zero-order valence-corrected chi connectivity index (χ0v) is 19.6. The van der Waals surface area contributed by atoms with Crippen LogP contribution in [0.4, 0.5) is 0 Å². The number of ketones is 1. The number of rotatable bonds is 6. The average Bonchev–Trinajstić information content (AvgIpc) is 2.90. The van der Waals surface area contributed by atoms with Crippen LogP contribution >= 0.6 is 0 Å². The van der Waals surface area contributed by atoms with E-state index in [4.69, 9.17) is 0 Å². The van der Waals surface area contributed by atoms with Crippen LogP contribution in [-0.2, 0) is 6.54 Å². The molecule has 34 heavy (non-hydrogen) atoms. The van der Waals surface area contributed by atoms with E-state index in [1.807, 2.05) is 30.3 Å². The highest BCUT2D eigenvalue weighted by molar-refractivity contribution is 5.98. The van der Waals surface area contributed by atoms with Gasteiger partial charge in [-0.3, -0.25) is 9.69 Å². The number of nitrogens with zero attached hydrogens (tertiary/aromatic N) is 1. The van der Waals surface area contributed by atoms with Gasteiger partial charge in [0, 0.05) is 30.6 Å². The molecule has 2 heteroatoms. The van der Waals surface area contributed by atoms with Gasteiger partial charge in [0.25, 0.3) is 0 Å². The summed E-state index contributed by atoms with van der Waals surface area (Å²) < 4.78 is 0. The van der Waals surface area contributed by atoms with E-state index in [9.17, 15) is 4.79 Å². The van der Waals surface area contributed by atoms with Gasteiger partial charge in [0.1, 0.15) is 0 Å². The second-order valence-electron chi connectivity index (χ2n) is 9.40. The van der Waals surface area contributed by atoms with Crippen LogP contribution in [-0.4, -0.2) is 17.2 Å². The van der Waals surface area contributed by atoms with Crippen molar-refractivity contribution in [2.24, 2.45) is 11.8 Å². The van der Waals surface area contributed by atoms with Crippen LogP contribution in [0, 0.1) is 11.8 Å². The van der Waals surface area contributed by atoms with Gasteiger partial charge < -0.3 is 0 Å². The lowest BCUT2D eigenvalue weighted by Crippen LogP contribution is -2.48. The maximum atomic E-state index is 13.9. The standard InChI is InChI=1S/C32H31NO/c1-24-30(26-16-8-3-9-17-26)29(32(34)28-20-12-5-13-21-28)23-33(22-25-14-6-2-7-15-25)31(24)27-18-10-4-11-19-27/h2-21,24,29-31H,22-23H2,1H3/t24-,29-,30+,31+/m1/s1. The van der Waals surface area contributed by atoms with E-state index < -0.39 is 0 Å². The molecule has 1 heterocycles. The highest BCUT2D eigenvalue weighted by Gasteiger charge is 2.45. The molecule has 0 aromatic heterocycles. The second kappa shape index (κ2) is 10.2. The molecule has 4 atom stereocenters. The summed E-state index contributed by atoms with van der Waals surface area (Å²) in [6.07, 6.45) is 0. The van der Waals surface area contributed by atoms with Crippen LogP contribution in [0.15, 0.2) is 121 Å². The van der Waals surface area contributed by atoms with Gasteiger partial charge in [0.05, 0.1) is 0 Å². The Hall–Kier alpha value is -3.49. The van der Waals surface area contributed by atoms with E-state index >= 15 is 0 Å². The zero-order valence-electron chi connectivity index (χ0n) is 19.6. The summed E-state index contributed by atoms with van der Waals surface area (Å²) in [5.74, 6) is 0.542. The van der Waals surface area contributed by atoms with Crippen molar-refractivity contribution in [1.29, 1.82) is 0 Å². The fourth-order valence-electron chi connectivity index (χ4n) is 5.79. The summed E-state index contributed by atoms with van der Waals surface area (Å²) in [5.41, 5.74) is 4.65. The molecule has 0 amide bonds. The van der Waals surface area contributed by atoms with Crippen LogP contribution in [0.5, 0.6) is 0 Å². The molecule has 0 aliphatic carbocycles. The minimum Gasteiger partial charge on any atom is -0.294 e. The van der Waals surface area contributed by atoms with E-state index in [2.05, 4.69) is 103 Å². The van der Waals surface area contributed by atoms with Gasteiger partial charge in [-0.2, -0.15) is 0 Å². The van der Waals surface area contributed by atoms with Gasteiger partial charge in [-0.15, -0.1) is 0 Å². The molecule has 5 rings (SSSR count). The molecule has 4 aromatic carbocycles. The molecule has 0 unspecified atom stereocenters. The van der Waals surface area contributed by atoms with Crippen molar-refractivity contribution in [2.75, 3.05) is 6.54 Å². The number of likely N-dealkylation sites (tertiary alicyclic amines) is 1. The maximum Gasteiger partial charge on any atom is 0.167 e. The van der Waals surface area contributed by atoms with Gasteiger partial charge in [0.2, 0.25) is 0 Å². The van der Waals surface area contributed by atoms with E-state index in [1.54, 1.807) is 0 Å². The zero-order chi connectivity index (χ0) is 23.3. The third kappa shape index (κ3) is 4.60. The first-order chi connectivity index (χ1) is 16.7. The Morgan fingerprint density at radius 2 is 1.21 bits per heavy atom. The molecule has 0 bridgehead atoms. The molecule has 0 saturated carbocycles. The highest BCUT2D eigenvalue weighted by atomic mass is 16.1. The highest BCUT2D eigenvalue weighted by Crippen LogP contribution is 2.48. The Balaban J connectivity index is 1.59. The third-order valence-corrected chi connectivity index (χ3v) is 7.27. The van der Waals surface area contributed by atoms with Crippen molar-refractivity contribution in [1.82, 2.24) is 4.90 Å². The lowest BCUT2D eigenvalue weighted by Gasteiger charge is -2.48. The lowest BCUT2D eigenvalue weighted by atomic mass is 9.67. The van der Waals surface area contributed by atoms with Crippen LogP contribution in [0.1, 0.15) is 45.9 Å². The lowest BCUT2D eigenvalue weighted by molar-refractivity contribution is 0.0321. The summed E-state index contributed by atoms with van der Waals surface area (Å²) in [5, 5.41) is 0. The van der Waals surface area contributed by atoms with Crippen molar-refractivity contribution in [3.05, 3.63) is 144 Å². The molecule has 170 valence electrons. The molecule has 0 radical (unpaired) electrons. The molecule has 1 fully saturated rings. The van der Waals surface area contributed by atoms with Crippen LogP contribution in [0.25, 0.3) is 0 Å². The Bertz CT molecular complexity index is 1190. The summed E-state index contributed by atoms with van der Waals surface area (Å²) in [7, 11) is 0. The first kappa shape index (κ1) is 22.3. The maximum absolute atomic E-state index is 13.9. The number of Topliss-reactive ketones (excluding diaryl/α,β-unsaturated/α-hetero) is 1. The molecule has 1 aliphatic rings. The van der Waals surface area contributed by atoms with Crippen molar-refractivity contribution in [3.8, 4) is 0 Å². The van der Waals surface area contributed by atoms with Gasteiger partial charge in [-0.1, -0.05) is 128 Å². The third-order valence-electron chi connectivity index (χ3n) is 7.27. The summed E-state index contributed by atoms with van der Waals surface area (Å²) in [6, 6.07) is 42.1. The molecule has 1 aliphatic heterocycles. The summed E-state index contributed by atoms with van der Waals surface area (Å²) in [4.78, 5) is 16.5. The number of benzene rings is 4. The largest absolute Gasteiger partial charge is 0.294 e. The number of hydrogen-bond acceptors (Lipinski definition) is 2. The smallest absolute Gasteiger partial charge is 0.167 e. The molecular formula is C32H31NO. The minimum atomic E-state index is -0.108. The molecule has 0 N–H and O–H groups in total. The van der Waals surface area contributed by atoms with E-state index in [-0.39, 0.29) is 29.6 Å². The SMILES string of the molecule is C[C@@H]1[C@@H](c2ccccc2)[C@H](C(=O)c2ccccc2)CN(Cc2ccccc2)[C@@H]1c1ccccc1. The molecule has 0 spiro atoms. The van der Waals surface area contributed by atoms with Gasteiger partial charge >= 0.3 is 0 Å². The predicted octanol–water partition coefficient (Wildman–Crippen LogP) is 7.16. The monoisotopic (exact) mass is 445 g/mol. The Kier molecular flexibility index (Phi) is 6.69. The van der Waals surface area contributed by atoms with E-state index in [1.165, 1.54) is 16.7 Å². The quantitative estimate of drug-likeness (QED) is 0.293. The first-order valence-electron chi connectivity index (χ1n) is 12.2. The summed E-state index contributed by atoms with van der Waals surface area (Å²) in [6.45, 7) is 3.88. The average molecular weight is 446 g/mol. The van der Waals surface area contributed by atoms with Gasteiger partial charge in [0.15, 0.2) is 5.78 Å². The Morgan fingerprint density at radius 1 is 0.706 bits per heavy atom. The number of piperidine rings is 1. The van der Waals surface area contributed by atoms with Crippen molar-refractivity contribution in [2.45, 2.75) is 25.4 Å². The minimum absolute atomic E-state index is 0.108. The van der Waals surface area contributed by atoms with Gasteiger partial charge in [-0.25, -0.2) is 0 Å². The van der Waals surface area contributed by atoms with Crippen LogP contribution in [0.3, 0.4) is 0 Å². The molecule has 4 aromatic rings. The fourth-order valence-corrected chi connectivity index (χ4v) is 5.79. The predicted molar refractivity (Wildman–Crippen MR) is 139 cm³/mol. The number of carbonyl (C=O) groups is 1. The van der Waals surface area contributed by atoms with E-state index in [0.717, 1.165) is 18.7 Å². The normalized spacial score (nSPS) is 22.9. The first-order valence-corrected chi connectivity index (χ1v) is 12.2. The number of hydrogen-bond donors (Lipinski definition) is 0. The van der Waals surface area contributed by atoms with Crippen LogP contribution in [0.2, 0.25) is 0 Å². The van der Waals surface area contributed by atoms with Crippen LogP contribution < -0.4 is 0 Å². The Labute approximate surface area is 202 Å². The second-order valence-corrected chi connectivity index (χ2v) is 9.40. The fraction of sp³-hybridized carbons (Fsp3) is 0.219. The van der Waals surface area contributed by atoms with E-state index in [0.29, 0.717) is 0 Å². The molecule has 2 nitrogen and oxygen atoms in total. The van der Waals surface area contributed by atoms with Gasteiger partial charge in [-0.05, 0) is 28.5 Å².